The molecule has 2 N–H and O–H groups in total. The molecule has 78 valence electrons. The van der Waals surface area contributed by atoms with Crippen molar-refractivity contribution in [1.29, 1.82) is 0 Å². The van der Waals surface area contributed by atoms with Gasteiger partial charge in [0.05, 0.1) is 6.16 Å². The number of hydrogen-bond donors (Lipinski definition) is 1. The van der Waals surface area contributed by atoms with Crippen molar-refractivity contribution in [2.24, 2.45) is 0 Å². The van der Waals surface area contributed by atoms with E-state index in [1.165, 1.54) is 14.2 Å². The van der Waals surface area contributed by atoms with E-state index in [0.717, 1.165) is 5.56 Å². The van der Waals surface area contributed by atoms with E-state index in [0.29, 0.717) is 5.69 Å². The maximum absolute atomic E-state index is 11.7. The van der Waals surface area contributed by atoms with Gasteiger partial charge >= 0.3 is 7.60 Å². The van der Waals surface area contributed by atoms with E-state index in [9.17, 15) is 4.57 Å². The molecule has 0 fully saturated rings. The molecule has 0 saturated carbocycles. The zero-order valence-electron chi connectivity index (χ0n) is 8.27. The summed E-state index contributed by atoms with van der Waals surface area (Å²) in [5, 5.41) is 0. The molecule has 0 saturated heterocycles. The lowest BCUT2D eigenvalue weighted by molar-refractivity contribution is 0.275. The van der Waals surface area contributed by atoms with Crippen LogP contribution in [0.5, 0.6) is 0 Å². The van der Waals surface area contributed by atoms with Gasteiger partial charge in [-0.1, -0.05) is 12.1 Å². The van der Waals surface area contributed by atoms with Crippen LogP contribution in [0.4, 0.5) is 5.69 Å². The number of benzene rings is 1. The molecule has 0 atom stereocenters. The van der Waals surface area contributed by atoms with Crippen LogP contribution in [0, 0.1) is 0 Å². The molecule has 0 bridgehead atoms. The maximum Gasteiger partial charge on any atom is 0.334 e. The van der Waals surface area contributed by atoms with Gasteiger partial charge in [0.25, 0.3) is 0 Å². The predicted octanol–water partition coefficient (Wildman–Crippen LogP) is 2.25. The van der Waals surface area contributed by atoms with Gasteiger partial charge in [-0.05, 0) is 17.7 Å². The molecule has 1 aromatic rings. The third-order valence-electron chi connectivity index (χ3n) is 1.88. The molecule has 5 heteroatoms. The summed E-state index contributed by atoms with van der Waals surface area (Å²) >= 11 is 0. The summed E-state index contributed by atoms with van der Waals surface area (Å²) in [7, 11) is -0.235. The molecule has 0 aliphatic heterocycles. The standard InChI is InChI=1S/C9H14NO3P/c1-12-14(11,13-2)7-8-4-3-5-9(10)6-8/h3-6H,7,10H2,1-2H3. The smallest absolute Gasteiger partial charge is 0.334 e. The zero-order valence-corrected chi connectivity index (χ0v) is 9.16. The highest BCUT2D eigenvalue weighted by molar-refractivity contribution is 7.52. The average Bonchev–Trinajstić information content (AvgIpc) is 2.18. The Balaban J connectivity index is 2.83. The largest absolute Gasteiger partial charge is 0.399 e. The van der Waals surface area contributed by atoms with Gasteiger partial charge in [-0.2, -0.15) is 0 Å². The van der Waals surface area contributed by atoms with E-state index in [1.807, 2.05) is 6.07 Å². The van der Waals surface area contributed by atoms with E-state index in [-0.39, 0.29) is 6.16 Å². The van der Waals surface area contributed by atoms with Crippen molar-refractivity contribution in [2.75, 3.05) is 20.0 Å². The summed E-state index contributed by atoms with van der Waals surface area (Å²) in [6, 6.07) is 7.17. The Morgan fingerprint density at radius 1 is 1.36 bits per heavy atom. The van der Waals surface area contributed by atoms with Crippen molar-refractivity contribution < 1.29 is 13.6 Å². The van der Waals surface area contributed by atoms with Crippen LogP contribution in [0.3, 0.4) is 0 Å². The first-order valence-electron chi connectivity index (χ1n) is 4.14. The molecular weight excluding hydrogens is 201 g/mol. The van der Waals surface area contributed by atoms with E-state index >= 15 is 0 Å². The van der Waals surface area contributed by atoms with Crippen LogP contribution >= 0.6 is 7.60 Å². The summed E-state index contributed by atoms with van der Waals surface area (Å²) in [5.41, 5.74) is 7.07. The van der Waals surface area contributed by atoms with E-state index < -0.39 is 7.60 Å². The van der Waals surface area contributed by atoms with E-state index in [4.69, 9.17) is 14.8 Å². The molecule has 0 amide bonds. The van der Waals surface area contributed by atoms with Crippen molar-refractivity contribution in [1.82, 2.24) is 0 Å². The fourth-order valence-corrected chi connectivity index (χ4v) is 2.17. The summed E-state index contributed by atoms with van der Waals surface area (Å²) in [5.74, 6) is 0. The van der Waals surface area contributed by atoms with Crippen molar-refractivity contribution >= 4 is 13.3 Å². The molecule has 1 rings (SSSR count). The van der Waals surface area contributed by atoms with Crippen molar-refractivity contribution in [3.8, 4) is 0 Å². The first-order valence-corrected chi connectivity index (χ1v) is 5.87. The molecular formula is C9H14NO3P. The molecule has 0 spiro atoms. The second kappa shape index (κ2) is 4.60. The molecule has 4 nitrogen and oxygen atoms in total. The Morgan fingerprint density at radius 2 is 2.00 bits per heavy atom. The minimum Gasteiger partial charge on any atom is -0.399 e. The van der Waals surface area contributed by atoms with E-state index in [2.05, 4.69) is 0 Å². The molecule has 0 aromatic heterocycles. The van der Waals surface area contributed by atoms with Gasteiger partial charge in [0.2, 0.25) is 0 Å². The Labute approximate surface area is 83.6 Å². The second-order valence-electron chi connectivity index (χ2n) is 2.88. The van der Waals surface area contributed by atoms with Gasteiger partial charge in [0.1, 0.15) is 0 Å². The number of rotatable bonds is 4. The maximum atomic E-state index is 11.7. The first-order chi connectivity index (χ1) is 6.59. The quantitative estimate of drug-likeness (QED) is 0.618. The molecule has 0 aliphatic rings. The third kappa shape index (κ3) is 2.84. The Hall–Kier alpha value is -0.830. The van der Waals surface area contributed by atoms with Gasteiger partial charge in [-0.25, -0.2) is 0 Å². The van der Waals surface area contributed by atoms with Crippen LogP contribution in [0.25, 0.3) is 0 Å². The molecule has 14 heavy (non-hydrogen) atoms. The summed E-state index contributed by atoms with van der Waals surface area (Å²) < 4.78 is 21.4. The van der Waals surface area contributed by atoms with Gasteiger partial charge in [0.15, 0.2) is 0 Å². The SMILES string of the molecule is COP(=O)(Cc1cccc(N)c1)OC. The number of nitrogens with two attached hydrogens (primary N) is 1. The molecule has 0 aliphatic carbocycles. The highest BCUT2D eigenvalue weighted by atomic mass is 31.2. The average molecular weight is 215 g/mol. The predicted molar refractivity (Wildman–Crippen MR) is 56.2 cm³/mol. The number of nitrogen functional groups attached to an aromatic ring is 1. The number of anilines is 1. The van der Waals surface area contributed by atoms with Gasteiger partial charge in [0, 0.05) is 19.9 Å². The topological polar surface area (TPSA) is 61.5 Å². The third-order valence-corrected chi connectivity index (χ3v) is 3.75. The van der Waals surface area contributed by atoms with Crippen LogP contribution in [0.15, 0.2) is 24.3 Å². The normalized spacial score (nSPS) is 11.6. The lowest BCUT2D eigenvalue weighted by Crippen LogP contribution is -1.94. The van der Waals surface area contributed by atoms with Gasteiger partial charge < -0.3 is 14.8 Å². The molecule has 0 unspecified atom stereocenters. The Kier molecular flexibility index (Phi) is 3.69. The van der Waals surface area contributed by atoms with Gasteiger partial charge in [-0.3, -0.25) is 4.57 Å². The van der Waals surface area contributed by atoms with Crippen LogP contribution in [-0.2, 0) is 19.8 Å². The van der Waals surface area contributed by atoms with Gasteiger partial charge in [-0.15, -0.1) is 0 Å². The minimum atomic E-state index is -2.98. The van der Waals surface area contributed by atoms with Crippen molar-refractivity contribution in [3.63, 3.8) is 0 Å². The van der Waals surface area contributed by atoms with Crippen LogP contribution in [0.1, 0.15) is 5.56 Å². The summed E-state index contributed by atoms with van der Waals surface area (Å²) in [6.07, 6.45) is 0.241. The summed E-state index contributed by atoms with van der Waals surface area (Å²) in [4.78, 5) is 0. The zero-order chi connectivity index (χ0) is 10.6. The minimum absolute atomic E-state index is 0.241. The molecule has 0 radical (unpaired) electrons. The fraction of sp³-hybridized carbons (Fsp3) is 0.333. The highest BCUT2D eigenvalue weighted by Gasteiger charge is 2.21. The van der Waals surface area contributed by atoms with Crippen LogP contribution < -0.4 is 5.73 Å². The lowest BCUT2D eigenvalue weighted by Gasteiger charge is -2.13. The van der Waals surface area contributed by atoms with Crippen molar-refractivity contribution in [2.45, 2.75) is 6.16 Å². The highest BCUT2D eigenvalue weighted by Crippen LogP contribution is 2.49. The summed E-state index contributed by atoms with van der Waals surface area (Å²) in [6.45, 7) is 0. The fourth-order valence-electron chi connectivity index (χ4n) is 1.12. The van der Waals surface area contributed by atoms with Crippen LogP contribution in [0.2, 0.25) is 0 Å². The number of hydrogen-bond acceptors (Lipinski definition) is 4. The van der Waals surface area contributed by atoms with Crippen LogP contribution in [-0.4, -0.2) is 14.2 Å². The molecule has 1 aromatic carbocycles. The Bertz CT molecular complexity index is 346. The lowest BCUT2D eigenvalue weighted by atomic mass is 10.2. The first kappa shape index (κ1) is 11.2. The monoisotopic (exact) mass is 215 g/mol. The Morgan fingerprint density at radius 3 is 2.50 bits per heavy atom. The molecule has 0 heterocycles. The van der Waals surface area contributed by atoms with E-state index in [1.54, 1.807) is 18.2 Å². The van der Waals surface area contributed by atoms with Crippen molar-refractivity contribution in [3.05, 3.63) is 29.8 Å². The second-order valence-corrected chi connectivity index (χ2v) is 5.15.